The molecule has 0 heterocycles. The summed E-state index contributed by atoms with van der Waals surface area (Å²) in [4.78, 5) is 2.38. The third kappa shape index (κ3) is 2.67. The molecule has 4 atom stereocenters. The second-order valence-corrected chi connectivity index (χ2v) is 6.77. The van der Waals surface area contributed by atoms with Crippen molar-refractivity contribution in [1.29, 1.82) is 0 Å². The molecule has 2 saturated carbocycles. The number of nitrogens with two attached hydrogens (primary N) is 1. The molecule has 2 bridgehead atoms. The Kier molecular flexibility index (Phi) is 3.84. The van der Waals surface area contributed by atoms with Crippen molar-refractivity contribution < 1.29 is 0 Å². The maximum atomic E-state index is 6.38. The smallest absolute Gasteiger partial charge is 0.0451 e. The van der Waals surface area contributed by atoms with Crippen molar-refractivity contribution in [3.05, 3.63) is 34.9 Å². The van der Waals surface area contributed by atoms with Crippen LogP contribution in [-0.2, 0) is 6.54 Å². The highest BCUT2D eigenvalue weighted by molar-refractivity contribution is 6.31. The topological polar surface area (TPSA) is 29.3 Å². The van der Waals surface area contributed by atoms with Gasteiger partial charge in [0.25, 0.3) is 0 Å². The van der Waals surface area contributed by atoms with Gasteiger partial charge in [-0.2, -0.15) is 0 Å². The number of nitrogens with zero attached hydrogens (tertiary/aromatic N) is 1. The molecule has 3 rings (SSSR count). The van der Waals surface area contributed by atoms with E-state index in [0.29, 0.717) is 12.0 Å². The number of halogens is 1. The van der Waals surface area contributed by atoms with Gasteiger partial charge in [-0.15, -0.1) is 0 Å². The van der Waals surface area contributed by atoms with Gasteiger partial charge in [-0.1, -0.05) is 29.8 Å². The van der Waals surface area contributed by atoms with E-state index in [1.807, 2.05) is 12.1 Å². The van der Waals surface area contributed by atoms with Crippen LogP contribution in [-0.4, -0.2) is 24.5 Å². The molecule has 2 N–H and O–H groups in total. The number of rotatable bonds is 4. The molecule has 4 unspecified atom stereocenters. The molecule has 19 heavy (non-hydrogen) atoms. The standard InChI is InChI=1S/C16H23ClN2/c1-19(9-13-4-2-3-5-15(13)17)10-14-11-6-7-12(8-11)16(14)18/h2-5,11-12,14,16H,6-10,18H2,1H3. The summed E-state index contributed by atoms with van der Waals surface area (Å²) in [7, 11) is 2.18. The molecule has 2 aliphatic carbocycles. The van der Waals surface area contributed by atoms with Crippen molar-refractivity contribution in [2.45, 2.75) is 31.8 Å². The van der Waals surface area contributed by atoms with Crippen molar-refractivity contribution in [2.75, 3.05) is 13.6 Å². The van der Waals surface area contributed by atoms with E-state index in [1.165, 1.54) is 24.8 Å². The van der Waals surface area contributed by atoms with E-state index < -0.39 is 0 Å². The number of benzene rings is 1. The highest BCUT2D eigenvalue weighted by Crippen LogP contribution is 2.47. The van der Waals surface area contributed by atoms with Crippen LogP contribution in [0.15, 0.2) is 24.3 Å². The maximum Gasteiger partial charge on any atom is 0.0451 e. The molecule has 3 heteroatoms. The fourth-order valence-corrected chi connectivity index (χ4v) is 4.26. The van der Waals surface area contributed by atoms with Gasteiger partial charge in [-0.05, 0) is 55.7 Å². The quantitative estimate of drug-likeness (QED) is 0.917. The summed E-state index contributed by atoms with van der Waals surface area (Å²) in [5.74, 6) is 2.35. The van der Waals surface area contributed by atoms with Crippen molar-refractivity contribution in [2.24, 2.45) is 23.5 Å². The maximum absolute atomic E-state index is 6.38. The van der Waals surface area contributed by atoms with E-state index in [4.69, 9.17) is 17.3 Å². The zero-order chi connectivity index (χ0) is 13.4. The van der Waals surface area contributed by atoms with Gasteiger partial charge in [0, 0.05) is 24.2 Å². The zero-order valence-corrected chi connectivity index (χ0v) is 12.3. The Morgan fingerprint density at radius 3 is 2.68 bits per heavy atom. The first-order valence-electron chi connectivity index (χ1n) is 7.32. The zero-order valence-electron chi connectivity index (χ0n) is 11.6. The van der Waals surface area contributed by atoms with Gasteiger partial charge < -0.3 is 10.6 Å². The lowest BCUT2D eigenvalue weighted by Crippen LogP contribution is -2.41. The molecule has 1 aromatic rings. The van der Waals surface area contributed by atoms with Crippen molar-refractivity contribution in [1.82, 2.24) is 4.90 Å². The molecular weight excluding hydrogens is 256 g/mol. The summed E-state index contributed by atoms with van der Waals surface area (Å²) in [5.41, 5.74) is 7.59. The first-order valence-corrected chi connectivity index (χ1v) is 7.70. The molecule has 0 radical (unpaired) electrons. The largest absolute Gasteiger partial charge is 0.327 e. The van der Waals surface area contributed by atoms with Crippen LogP contribution in [0.4, 0.5) is 0 Å². The summed E-state index contributed by atoms with van der Waals surface area (Å²) in [6.45, 7) is 2.02. The molecule has 0 aliphatic heterocycles. The lowest BCUT2D eigenvalue weighted by atomic mass is 9.84. The first-order chi connectivity index (χ1) is 9.15. The minimum atomic E-state index is 0.424. The van der Waals surface area contributed by atoms with Crippen LogP contribution in [0.25, 0.3) is 0 Å². The van der Waals surface area contributed by atoms with E-state index in [2.05, 4.69) is 24.1 Å². The van der Waals surface area contributed by atoms with Crippen LogP contribution in [0, 0.1) is 17.8 Å². The number of hydrogen-bond donors (Lipinski definition) is 1. The Morgan fingerprint density at radius 2 is 2.00 bits per heavy atom. The first kappa shape index (κ1) is 13.4. The Labute approximate surface area is 120 Å². The minimum Gasteiger partial charge on any atom is -0.327 e. The summed E-state index contributed by atoms with van der Waals surface area (Å²) in [6.07, 6.45) is 4.12. The van der Waals surface area contributed by atoms with Crippen LogP contribution in [0.5, 0.6) is 0 Å². The van der Waals surface area contributed by atoms with Gasteiger partial charge in [0.1, 0.15) is 0 Å². The van der Waals surface area contributed by atoms with Gasteiger partial charge in [0.05, 0.1) is 0 Å². The predicted molar refractivity (Wildman–Crippen MR) is 80.1 cm³/mol. The molecule has 0 spiro atoms. The Hall–Kier alpha value is -0.570. The molecule has 0 saturated heterocycles. The second-order valence-electron chi connectivity index (χ2n) is 6.36. The van der Waals surface area contributed by atoms with Crippen molar-refractivity contribution >= 4 is 11.6 Å². The summed E-state index contributed by atoms with van der Waals surface area (Å²) >= 11 is 6.23. The molecule has 1 aromatic carbocycles. The fourth-order valence-electron chi connectivity index (χ4n) is 4.07. The molecule has 0 amide bonds. The van der Waals surface area contributed by atoms with Gasteiger partial charge in [-0.3, -0.25) is 0 Å². The van der Waals surface area contributed by atoms with Crippen LogP contribution in [0.2, 0.25) is 5.02 Å². The Balaban J connectivity index is 1.60. The van der Waals surface area contributed by atoms with Gasteiger partial charge >= 0.3 is 0 Å². The van der Waals surface area contributed by atoms with Crippen molar-refractivity contribution in [3.63, 3.8) is 0 Å². The van der Waals surface area contributed by atoms with Crippen LogP contribution in [0.3, 0.4) is 0 Å². The molecule has 2 nitrogen and oxygen atoms in total. The average Bonchev–Trinajstić information content (AvgIpc) is 2.96. The van der Waals surface area contributed by atoms with E-state index in [-0.39, 0.29) is 0 Å². The summed E-state index contributed by atoms with van der Waals surface area (Å²) < 4.78 is 0. The summed E-state index contributed by atoms with van der Waals surface area (Å²) in [5, 5.41) is 0.867. The lowest BCUT2D eigenvalue weighted by Gasteiger charge is -2.31. The molecule has 2 fully saturated rings. The van der Waals surface area contributed by atoms with Gasteiger partial charge in [0.2, 0.25) is 0 Å². The average molecular weight is 279 g/mol. The highest BCUT2D eigenvalue weighted by atomic mass is 35.5. The fraction of sp³-hybridized carbons (Fsp3) is 0.625. The molecule has 0 aromatic heterocycles. The van der Waals surface area contributed by atoms with Crippen molar-refractivity contribution in [3.8, 4) is 0 Å². The van der Waals surface area contributed by atoms with Crippen LogP contribution < -0.4 is 5.73 Å². The molecule has 104 valence electrons. The lowest BCUT2D eigenvalue weighted by molar-refractivity contribution is 0.194. The minimum absolute atomic E-state index is 0.424. The molecule has 2 aliphatic rings. The molecular formula is C16H23ClN2. The third-order valence-electron chi connectivity index (χ3n) is 5.08. The Bertz CT molecular complexity index is 446. The Morgan fingerprint density at radius 1 is 1.26 bits per heavy atom. The summed E-state index contributed by atoms with van der Waals surface area (Å²) in [6, 6.07) is 8.54. The van der Waals surface area contributed by atoms with Gasteiger partial charge in [0.15, 0.2) is 0 Å². The van der Waals surface area contributed by atoms with Crippen LogP contribution >= 0.6 is 11.6 Å². The SMILES string of the molecule is CN(Cc1ccccc1Cl)CC1C2CCC(C2)C1N. The van der Waals surface area contributed by atoms with E-state index >= 15 is 0 Å². The van der Waals surface area contributed by atoms with E-state index in [9.17, 15) is 0 Å². The van der Waals surface area contributed by atoms with Gasteiger partial charge in [-0.25, -0.2) is 0 Å². The van der Waals surface area contributed by atoms with Crippen LogP contribution in [0.1, 0.15) is 24.8 Å². The number of fused-ring (bicyclic) bond motifs is 2. The van der Waals surface area contributed by atoms with E-state index in [0.717, 1.165) is 29.9 Å². The normalized spacial score (nSPS) is 33.3. The highest BCUT2D eigenvalue weighted by Gasteiger charge is 2.45. The number of hydrogen-bond acceptors (Lipinski definition) is 2. The third-order valence-corrected chi connectivity index (χ3v) is 5.45. The second kappa shape index (κ2) is 5.43. The monoisotopic (exact) mass is 278 g/mol. The van der Waals surface area contributed by atoms with E-state index in [1.54, 1.807) is 0 Å². The predicted octanol–water partition coefficient (Wildman–Crippen LogP) is 3.15.